The second-order valence-electron chi connectivity index (χ2n) is 4.84. The molecular formula is C14H18F3NO2. The van der Waals surface area contributed by atoms with Gasteiger partial charge >= 0.3 is 6.36 Å². The van der Waals surface area contributed by atoms with Crippen molar-refractivity contribution >= 4 is 0 Å². The van der Waals surface area contributed by atoms with Crippen LogP contribution in [0.3, 0.4) is 0 Å². The molecule has 112 valence electrons. The molecule has 1 aromatic rings. The van der Waals surface area contributed by atoms with Crippen molar-refractivity contribution in [3.05, 3.63) is 29.8 Å². The Labute approximate surface area is 116 Å². The highest BCUT2D eigenvalue weighted by Crippen LogP contribution is 2.24. The Hall–Kier alpha value is -1.27. The monoisotopic (exact) mass is 289 g/mol. The first kappa shape index (κ1) is 15.1. The second kappa shape index (κ2) is 6.45. The molecule has 2 unspecified atom stereocenters. The number of hydrogen-bond donors (Lipinski definition) is 1. The highest BCUT2D eigenvalue weighted by Gasteiger charge is 2.31. The summed E-state index contributed by atoms with van der Waals surface area (Å²) in [5.41, 5.74) is 0.953. The molecule has 1 aliphatic heterocycles. The van der Waals surface area contributed by atoms with E-state index in [0.29, 0.717) is 6.42 Å². The lowest BCUT2D eigenvalue weighted by molar-refractivity contribution is -0.274. The van der Waals surface area contributed by atoms with Gasteiger partial charge in [0.05, 0.1) is 6.10 Å². The van der Waals surface area contributed by atoms with Gasteiger partial charge in [0.25, 0.3) is 0 Å². The first-order valence-corrected chi connectivity index (χ1v) is 6.61. The molecule has 2 rings (SSSR count). The van der Waals surface area contributed by atoms with Gasteiger partial charge in [-0.05, 0) is 44.0 Å². The highest BCUT2D eigenvalue weighted by atomic mass is 19.4. The Bertz CT molecular complexity index is 413. The van der Waals surface area contributed by atoms with E-state index in [2.05, 4.69) is 10.1 Å². The maximum absolute atomic E-state index is 12.1. The summed E-state index contributed by atoms with van der Waals surface area (Å²) >= 11 is 0. The predicted octanol–water partition coefficient (Wildman–Crippen LogP) is 2.89. The molecule has 0 amide bonds. The molecule has 0 bridgehead atoms. The van der Waals surface area contributed by atoms with Gasteiger partial charge in [0.1, 0.15) is 5.75 Å². The molecule has 0 saturated carbocycles. The lowest BCUT2D eigenvalue weighted by atomic mass is 9.99. The molecule has 0 radical (unpaired) electrons. The number of likely N-dealkylation sites (N-methyl/N-ethyl adjacent to an activating group) is 1. The molecule has 20 heavy (non-hydrogen) atoms. The number of ether oxygens (including phenoxy) is 2. The van der Waals surface area contributed by atoms with Gasteiger partial charge in [-0.25, -0.2) is 0 Å². The molecule has 6 heteroatoms. The summed E-state index contributed by atoms with van der Waals surface area (Å²) in [7, 11) is 1.87. The van der Waals surface area contributed by atoms with Gasteiger partial charge in [0, 0.05) is 12.6 Å². The van der Waals surface area contributed by atoms with Crippen molar-refractivity contribution in [1.29, 1.82) is 0 Å². The van der Waals surface area contributed by atoms with Crippen LogP contribution in [0.15, 0.2) is 24.3 Å². The van der Waals surface area contributed by atoms with Crippen LogP contribution in [-0.4, -0.2) is 32.2 Å². The fraction of sp³-hybridized carbons (Fsp3) is 0.571. The zero-order valence-corrected chi connectivity index (χ0v) is 11.2. The standard InChI is InChI=1S/C14H18F3NO2/c1-18-12(13-3-2-8-19-13)9-10-4-6-11(7-5-10)20-14(15,16)17/h4-7,12-13,18H,2-3,8-9H2,1H3. The Morgan fingerprint density at radius 1 is 1.35 bits per heavy atom. The predicted molar refractivity (Wildman–Crippen MR) is 68.7 cm³/mol. The van der Waals surface area contributed by atoms with Crippen LogP contribution in [0.25, 0.3) is 0 Å². The fourth-order valence-electron chi connectivity index (χ4n) is 2.42. The SMILES string of the molecule is CNC(Cc1ccc(OC(F)(F)F)cc1)C1CCCO1. The molecule has 1 heterocycles. The third-order valence-corrected chi connectivity index (χ3v) is 3.40. The van der Waals surface area contributed by atoms with Crippen LogP contribution < -0.4 is 10.1 Å². The third kappa shape index (κ3) is 4.38. The van der Waals surface area contributed by atoms with Crippen molar-refractivity contribution < 1.29 is 22.6 Å². The minimum absolute atomic E-state index is 0.172. The van der Waals surface area contributed by atoms with Crippen LogP contribution in [0.5, 0.6) is 5.75 Å². The van der Waals surface area contributed by atoms with Gasteiger partial charge in [-0.3, -0.25) is 0 Å². The van der Waals surface area contributed by atoms with Crippen molar-refractivity contribution in [2.24, 2.45) is 0 Å². The van der Waals surface area contributed by atoms with Gasteiger partial charge in [0.15, 0.2) is 0 Å². The summed E-state index contributed by atoms with van der Waals surface area (Å²) in [6.07, 6.45) is -1.69. The Balaban J connectivity index is 1.95. The molecule has 1 saturated heterocycles. The topological polar surface area (TPSA) is 30.5 Å². The minimum Gasteiger partial charge on any atom is -0.406 e. The number of hydrogen-bond acceptors (Lipinski definition) is 3. The van der Waals surface area contributed by atoms with Gasteiger partial charge in [-0.1, -0.05) is 12.1 Å². The van der Waals surface area contributed by atoms with Crippen molar-refractivity contribution in [3.63, 3.8) is 0 Å². The third-order valence-electron chi connectivity index (χ3n) is 3.40. The first-order valence-electron chi connectivity index (χ1n) is 6.61. The van der Waals surface area contributed by atoms with Gasteiger partial charge in [-0.2, -0.15) is 0 Å². The maximum atomic E-state index is 12.1. The van der Waals surface area contributed by atoms with Crippen LogP contribution in [0.1, 0.15) is 18.4 Å². The second-order valence-corrected chi connectivity index (χ2v) is 4.84. The Morgan fingerprint density at radius 3 is 2.55 bits per heavy atom. The normalized spacial score (nSPS) is 20.9. The summed E-state index contributed by atoms with van der Waals surface area (Å²) < 4.78 is 45.7. The summed E-state index contributed by atoms with van der Waals surface area (Å²) in [5, 5.41) is 3.21. The molecular weight excluding hydrogens is 271 g/mol. The van der Waals surface area contributed by atoms with Crippen molar-refractivity contribution in [1.82, 2.24) is 5.32 Å². The van der Waals surface area contributed by atoms with E-state index in [1.54, 1.807) is 12.1 Å². The average molecular weight is 289 g/mol. The van der Waals surface area contributed by atoms with E-state index < -0.39 is 6.36 Å². The number of nitrogens with one attached hydrogen (secondary N) is 1. The molecule has 1 fully saturated rings. The van der Waals surface area contributed by atoms with E-state index in [9.17, 15) is 13.2 Å². The lowest BCUT2D eigenvalue weighted by Crippen LogP contribution is -2.39. The van der Waals surface area contributed by atoms with E-state index in [1.165, 1.54) is 12.1 Å². The van der Waals surface area contributed by atoms with Gasteiger partial charge < -0.3 is 14.8 Å². The molecule has 1 N–H and O–H groups in total. The summed E-state index contributed by atoms with van der Waals surface area (Å²) in [5.74, 6) is -0.195. The van der Waals surface area contributed by atoms with E-state index in [1.807, 2.05) is 7.05 Å². The van der Waals surface area contributed by atoms with E-state index in [4.69, 9.17) is 4.74 Å². The lowest BCUT2D eigenvalue weighted by Gasteiger charge is -2.22. The average Bonchev–Trinajstić information content (AvgIpc) is 2.90. The minimum atomic E-state index is -4.65. The van der Waals surface area contributed by atoms with Crippen molar-refractivity contribution in [2.45, 2.75) is 37.8 Å². The molecule has 0 aliphatic carbocycles. The van der Waals surface area contributed by atoms with Crippen LogP contribution in [0.2, 0.25) is 0 Å². The van der Waals surface area contributed by atoms with Crippen LogP contribution >= 0.6 is 0 Å². The fourth-order valence-corrected chi connectivity index (χ4v) is 2.42. The van der Waals surface area contributed by atoms with E-state index >= 15 is 0 Å². The number of alkyl halides is 3. The molecule has 3 nitrogen and oxygen atoms in total. The zero-order valence-electron chi connectivity index (χ0n) is 11.2. The first-order chi connectivity index (χ1) is 9.48. The smallest absolute Gasteiger partial charge is 0.406 e. The van der Waals surface area contributed by atoms with Gasteiger partial charge in [0.2, 0.25) is 0 Å². The van der Waals surface area contributed by atoms with E-state index in [-0.39, 0.29) is 17.9 Å². The maximum Gasteiger partial charge on any atom is 0.573 e. The van der Waals surface area contributed by atoms with Crippen molar-refractivity contribution in [2.75, 3.05) is 13.7 Å². The number of halogens is 3. The number of benzene rings is 1. The summed E-state index contributed by atoms with van der Waals surface area (Å²) in [6.45, 7) is 0.779. The molecule has 1 aromatic carbocycles. The highest BCUT2D eigenvalue weighted by molar-refractivity contribution is 5.28. The van der Waals surface area contributed by atoms with Crippen molar-refractivity contribution in [3.8, 4) is 5.75 Å². The zero-order chi connectivity index (χ0) is 14.6. The number of rotatable bonds is 5. The molecule has 0 aromatic heterocycles. The van der Waals surface area contributed by atoms with Crippen LogP contribution in [-0.2, 0) is 11.2 Å². The quantitative estimate of drug-likeness (QED) is 0.904. The Morgan fingerprint density at radius 2 is 2.05 bits per heavy atom. The summed E-state index contributed by atoms with van der Waals surface area (Å²) in [6, 6.07) is 6.16. The Kier molecular flexibility index (Phi) is 4.88. The summed E-state index contributed by atoms with van der Waals surface area (Å²) in [4.78, 5) is 0. The van der Waals surface area contributed by atoms with Crippen LogP contribution in [0, 0.1) is 0 Å². The largest absolute Gasteiger partial charge is 0.573 e. The van der Waals surface area contributed by atoms with Crippen LogP contribution in [0.4, 0.5) is 13.2 Å². The molecule has 1 aliphatic rings. The van der Waals surface area contributed by atoms with Gasteiger partial charge in [-0.15, -0.1) is 13.2 Å². The molecule has 0 spiro atoms. The van der Waals surface area contributed by atoms with E-state index in [0.717, 1.165) is 25.0 Å². The molecule has 2 atom stereocenters.